The van der Waals surface area contributed by atoms with Crippen molar-refractivity contribution in [2.24, 2.45) is 0 Å². The highest BCUT2D eigenvalue weighted by molar-refractivity contribution is 9.10. The zero-order chi connectivity index (χ0) is 11.5. The zero-order valence-corrected chi connectivity index (χ0v) is 11.1. The molecule has 1 aromatic carbocycles. The van der Waals surface area contributed by atoms with Gasteiger partial charge in [0.1, 0.15) is 11.9 Å². The Morgan fingerprint density at radius 3 is 2.75 bits per heavy atom. The second-order valence-corrected chi connectivity index (χ2v) is 4.83. The van der Waals surface area contributed by atoms with Gasteiger partial charge in [0.2, 0.25) is 0 Å². The van der Waals surface area contributed by atoms with Gasteiger partial charge in [-0.05, 0) is 31.7 Å². The Bertz CT molecular complexity index is 366. The van der Waals surface area contributed by atoms with Gasteiger partial charge >= 0.3 is 0 Å². The minimum Gasteiger partial charge on any atom is -0.486 e. The summed E-state index contributed by atoms with van der Waals surface area (Å²) in [4.78, 5) is 0. The number of nitrogens with one attached hydrogen (secondary N) is 1. The molecule has 88 valence electrons. The molecule has 1 aromatic rings. The number of ether oxygens (including phenoxy) is 2. The average Bonchev–Trinajstić information content (AvgIpc) is 2.23. The van der Waals surface area contributed by atoms with Crippen molar-refractivity contribution >= 4 is 15.9 Å². The van der Waals surface area contributed by atoms with Crippen LogP contribution in [0.25, 0.3) is 0 Å². The van der Waals surface area contributed by atoms with E-state index in [0.717, 1.165) is 10.2 Å². The summed E-state index contributed by atoms with van der Waals surface area (Å²) >= 11 is 3.57. The topological polar surface area (TPSA) is 30.5 Å². The molecule has 2 rings (SSSR count). The quantitative estimate of drug-likeness (QED) is 0.922. The van der Waals surface area contributed by atoms with Crippen LogP contribution in [0.5, 0.6) is 5.75 Å². The summed E-state index contributed by atoms with van der Waals surface area (Å²) in [5.74, 6) is 0.896. The van der Waals surface area contributed by atoms with Gasteiger partial charge in [0.15, 0.2) is 0 Å². The third-order valence-corrected chi connectivity index (χ3v) is 3.47. The Morgan fingerprint density at radius 1 is 1.50 bits per heavy atom. The lowest BCUT2D eigenvalue weighted by molar-refractivity contribution is -0.0797. The predicted octanol–water partition coefficient (Wildman–Crippen LogP) is 2.51. The lowest BCUT2D eigenvalue weighted by atomic mass is 10.1. The van der Waals surface area contributed by atoms with E-state index >= 15 is 0 Å². The first-order valence-corrected chi connectivity index (χ1v) is 6.21. The van der Waals surface area contributed by atoms with E-state index in [2.05, 4.69) is 34.2 Å². The molecule has 0 radical (unpaired) electrons. The van der Waals surface area contributed by atoms with Crippen LogP contribution in [0.2, 0.25) is 0 Å². The highest BCUT2D eigenvalue weighted by Crippen LogP contribution is 2.28. The minimum atomic E-state index is 0.222. The number of hydrogen-bond acceptors (Lipinski definition) is 3. The summed E-state index contributed by atoms with van der Waals surface area (Å²) in [5, 5.41) is 3.21. The molecule has 1 aliphatic heterocycles. The molecule has 16 heavy (non-hydrogen) atoms. The molecule has 4 heteroatoms. The summed E-state index contributed by atoms with van der Waals surface area (Å²) in [6.07, 6.45) is 0.222. The van der Waals surface area contributed by atoms with Crippen LogP contribution in [-0.4, -0.2) is 26.4 Å². The second kappa shape index (κ2) is 5.17. The van der Waals surface area contributed by atoms with Crippen molar-refractivity contribution in [2.75, 3.05) is 20.3 Å². The van der Waals surface area contributed by atoms with E-state index in [1.165, 1.54) is 5.56 Å². The van der Waals surface area contributed by atoms with Crippen LogP contribution in [0.1, 0.15) is 18.5 Å². The number of benzene rings is 1. The first kappa shape index (κ1) is 11.9. The van der Waals surface area contributed by atoms with Gasteiger partial charge in [0, 0.05) is 10.5 Å². The SMILES string of the molecule is CNC(C)c1ccc(OC2COC2)cc1Br. The first-order valence-electron chi connectivity index (χ1n) is 5.42. The molecule has 1 unspecified atom stereocenters. The van der Waals surface area contributed by atoms with Gasteiger partial charge in [-0.2, -0.15) is 0 Å². The van der Waals surface area contributed by atoms with E-state index in [-0.39, 0.29) is 6.10 Å². The van der Waals surface area contributed by atoms with Gasteiger partial charge in [0.05, 0.1) is 13.2 Å². The first-order chi connectivity index (χ1) is 7.70. The Hall–Kier alpha value is -0.580. The largest absolute Gasteiger partial charge is 0.486 e. The van der Waals surface area contributed by atoms with Crippen molar-refractivity contribution < 1.29 is 9.47 Å². The molecule has 1 heterocycles. The lowest BCUT2D eigenvalue weighted by Crippen LogP contribution is -2.38. The van der Waals surface area contributed by atoms with E-state index in [0.29, 0.717) is 19.3 Å². The molecule has 1 N–H and O–H groups in total. The van der Waals surface area contributed by atoms with E-state index in [4.69, 9.17) is 9.47 Å². The molecular weight excluding hydrogens is 270 g/mol. The Morgan fingerprint density at radius 2 is 2.25 bits per heavy atom. The lowest BCUT2D eigenvalue weighted by Gasteiger charge is -2.27. The monoisotopic (exact) mass is 285 g/mol. The minimum absolute atomic E-state index is 0.222. The number of hydrogen-bond donors (Lipinski definition) is 1. The normalized spacial score (nSPS) is 17.9. The van der Waals surface area contributed by atoms with Crippen LogP contribution in [0, 0.1) is 0 Å². The average molecular weight is 286 g/mol. The second-order valence-electron chi connectivity index (χ2n) is 3.97. The highest BCUT2D eigenvalue weighted by atomic mass is 79.9. The molecule has 0 aliphatic carbocycles. The standard InChI is InChI=1S/C12H16BrNO2/c1-8(14-2)11-4-3-9(5-12(11)13)16-10-6-15-7-10/h3-5,8,10,14H,6-7H2,1-2H3. The summed E-state index contributed by atoms with van der Waals surface area (Å²) < 4.78 is 11.9. The maximum atomic E-state index is 5.72. The van der Waals surface area contributed by atoms with Crippen LogP contribution in [-0.2, 0) is 4.74 Å². The summed E-state index contributed by atoms with van der Waals surface area (Å²) in [7, 11) is 1.95. The molecule has 1 saturated heterocycles. The van der Waals surface area contributed by atoms with Gasteiger partial charge in [-0.1, -0.05) is 22.0 Å². The zero-order valence-electron chi connectivity index (χ0n) is 9.50. The molecule has 1 fully saturated rings. The van der Waals surface area contributed by atoms with E-state index in [9.17, 15) is 0 Å². The number of rotatable bonds is 4. The van der Waals surface area contributed by atoms with Crippen LogP contribution >= 0.6 is 15.9 Å². The van der Waals surface area contributed by atoms with Crippen molar-refractivity contribution in [1.29, 1.82) is 0 Å². The van der Waals surface area contributed by atoms with E-state index in [1.807, 2.05) is 19.2 Å². The van der Waals surface area contributed by atoms with Crippen molar-refractivity contribution in [3.05, 3.63) is 28.2 Å². The smallest absolute Gasteiger partial charge is 0.145 e. The van der Waals surface area contributed by atoms with E-state index in [1.54, 1.807) is 0 Å². The predicted molar refractivity (Wildman–Crippen MR) is 66.9 cm³/mol. The highest BCUT2D eigenvalue weighted by Gasteiger charge is 2.20. The summed E-state index contributed by atoms with van der Waals surface area (Å²) in [6, 6.07) is 6.43. The molecule has 0 amide bonds. The molecule has 3 nitrogen and oxygen atoms in total. The Balaban J connectivity index is 2.08. The fourth-order valence-corrected chi connectivity index (χ4v) is 2.26. The molecule has 0 spiro atoms. The summed E-state index contributed by atoms with van der Waals surface area (Å²) in [5.41, 5.74) is 1.24. The van der Waals surface area contributed by atoms with Gasteiger partial charge in [0.25, 0.3) is 0 Å². The maximum absolute atomic E-state index is 5.72. The fraction of sp³-hybridized carbons (Fsp3) is 0.500. The van der Waals surface area contributed by atoms with Gasteiger partial charge < -0.3 is 14.8 Å². The molecule has 1 atom stereocenters. The third-order valence-electron chi connectivity index (χ3n) is 2.78. The van der Waals surface area contributed by atoms with Gasteiger partial charge in [-0.15, -0.1) is 0 Å². The summed E-state index contributed by atoms with van der Waals surface area (Å²) in [6.45, 7) is 3.53. The molecule has 1 aliphatic rings. The van der Waals surface area contributed by atoms with Crippen molar-refractivity contribution in [2.45, 2.75) is 19.1 Å². The van der Waals surface area contributed by atoms with Gasteiger partial charge in [-0.3, -0.25) is 0 Å². The van der Waals surface area contributed by atoms with Crippen molar-refractivity contribution in [3.8, 4) is 5.75 Å². The number of halogens is 1. The van der Waals surface area contributed by atoms with Crippen molar-refractivity contribution in [1.82, 2.24) is 5.32 Å². The van der Waals surface area contributed by atoms with Gasteiger partial charge in [-0.25, -0.2) is 0 Å². The molecule has 0 bridgehead atoms. The van der Waals surface area contributed by atoms with Crippen LogP contribution in [0.15, 0.2) is 22.7 Å². The fourth-order valence-electron chi connectivity index (χ4n) is 1.56. The third kappa shape index (κ3) is 2.56. The van der Waals surface area contributed by atoms with E-state index < -0.39 is 0 Å². The molecule has 0 aromatic heterocycles. The Labute approximate surface area is 104 Å². The maximum Gasteiger partial charge on any atom is 0.145 e. The van der Waals surface area contributed by atoms with Crippen LogP contribution in [0.4, 0.5) is 0 Å². The molecule has 0 saturated carbocycles. The van der Waals surface area contributed by atoms with Crippen LogP contribution in [0.3, 0.4) is 0 Å². The Kier molecular flexibility index (Phi) is 3.84. The molecular formula is C12H16BrNO2. The van der Waals surface area contributed by atoms with Crippen molar-refractivity contribution in [3.63, 3.8) is 0 Å². The van der Waals surface area contributed by atoms with Crippen LogP contribution < -0.4 is 10.1 Å².